The van der Waals surface area contributed by atoms with Crippen LogP contribution >= 0.6 is 0 Å². The maximum atomic E-state index is 13.9. The summed E-state index contributed by atoms with van der Waals surface area (Å²) in [5.74, 6) is -0.385. The molecule has 0 aromatic heterocycles. The van der Waals surface area contributed by atoms with Gasteiger partial charge < -0.3 is 10.2 Å². The molecule has 3 aromatic carbocycles. The average molecular weight is 578 g/mol. The number of carbonyl (C=O) groups excluding carboxylic acids is 2. The zero-order chi connectivity index (χ0) is 30.0. The minimum absolute atomic E-state index is 0.0326. The van der Waals surface area contributed by atoms with Gasteiger partial charge in [-0.25, -0.2) is 8.42 Å². The van der Waals surface area contributed by atoms with E-state index in [1.54, 1.807) is 11.0 Å². The van der Waals surface area contributed by atoms with Crippen LogP contribution in [0.2, 0.25) is 0 Å². The molecular formula is C33H43N3O4S. The molecule has 3 aromatic rings. The molecule has 0 saturated heterocycles. The molecule has 3 rings (SSSR count). The topological polar surface area (TPSA) is 86.8 Å². The van der Waals surface area contributed by atoms with Crippen molar-refractivity contribution >= 4 is 27.5 Å². The lowest BCUT2D eigenvalue weighted by Crippen LogP contribution is -2.52. The monoisotopic (exact) mass is 577 g/mol. The molecule has 0 bridgehead atoms. The molecule has 0 aliphatic heterocycles. The first kappa shape index (κ1) is 31.9. The van der Waals surface area contributed by atoms with E-state index in [1.807, 2.05) is 100 Å². The molecule has 0 fully saturated rings. The summed E-state index contributed by atoms with van der Waals surface area (Å²) in [6, 6.07) is 24.2. The Bertz CT molecular complexity index is 1390. The molecule has 220 valence electrons. The highest BCUT2D eigenvalue weighted by Crippen LogP contribution is 2.21. The Morgan fingerprint density at radius 3 is 2.17 bits per heavy atom. The van der Waals surface area contributed by atoms with Crippen molar-refractivity contribution in [3.63, 3.8) is 0 Å². The van der Waals surface area contributed by atoms with Gasteiger partial charge in [0, 0.05) is 32.0 Å². The van der Waals surface area contributed by atoms with Gasteiger partial charge in [0.1, 0.15) is 6.04 Å². The number of nitrogens with zero attached hydrogens (tertiary/aromatic N) is 2. The van der Waals surface area contributed by atoms with Crippen molar-refractivity contribution in [3.8, 4) is 0 Å². The van der Waals surface area contributed by atoms with Crippen LogP contribution in [0.1, 0.15) is 55.4 Å². The molecule has 7 nitrogen and oxygen atoms in total. The van der Waals surface area contributed by atoms with Gasteiger partial charge in [-0.1, -0.05) is 79.2 Å². The number of hydrogen-bond acceptors (Lipinski definition) is 4. The Labute approximate surface area is 245 Å². The van der Waals surface area contributed by atoms with Crippen LogP contribution in [0.25, 0.3) is 0 Å². The fourth-order valence-electron chi connectivity index (χ4n) is 4.67. The predicted octanol–water partition coefficient (Wildman–Crippen LogP) is 5.40. The average Bonchev–Trinajstić information content (AvgIpc) is 2.93. The van der Waals surface area contributed by atoms with E-state index in [2.05, 4.69) is 5.32 Å². The standard InChI is InChI=1S/C33H43N3O4S/c1-6-27(4)34-33(38)31(23-28-13-8-7-9-14-28)35(24-29-19-17-25(2)18-20-29)32(37)16-11-21-36(41(5,39)40)30-15-10-12-26(3)22-30/h7-10,12-15,17-20,22,27,31H,6,11,16,21,23-24H2,1-5H3,(H,34,38)/t27-,31-/m0/s1. The largest absolute Gasteiger partial charge is 0.352 e. The highest BCUT2D eigenvalue weighted by molar-refractivity contribution is 7.92. The Balaban J connectivity index is 1.89. The second-order valence-electron chi connectivity index (χ2n) is 10.8. The number of sulfonamides is 1. The van der Waals surface area contributed by atoms with Crippen LogP contribution in [0, 0.1) is 13.8 Å². The number of nitrogens with one attached hydrogen (secondary N) is 1. The molecule has 0 spiro atoms. The van der Waals surface area contributed by atoms with E-state index < -0.39 is 16.1 Å². The Kier molecular flexibility index (Phi) is 11.5. The van der Waals surface area contributed by atoms with Crippen molar-refractivity contribution in [2.24, 2.45) is 0 Å². The van der Waals surface area contributed by atoms with Crippen LogP contribution in [0.5, 0.6) is 0 Å². The van der Waals surface area contributed by atoms with Gasteiger partial charge in [0.25, 0.3) is 0 Å². The predicted molar refractivity (Wildman–Crippen MR) is 166 cm³/mol. The third kappa shape index (κ3) is 9.74. The summed E-state index contributed by atoms with van der Waals surface area (Å²) in [5, 5.41) is 3.08. The van der Waals surface area contributed by atoms with Gasteiger partial charge in [-0.2, -0.15) is 0 Å². The lowest BCUT2D eigenvalue weighted by molar-refractivity contribution is -0.141. The fraction of sp³-hybridized carbons (Fsp3) is 0.394. The van der Waals surface area contributed by atoms with Gasteiger partial charge in [-0.05, 0) is 62.4 Å². The maximum absolute atomic E-state index is 13.9. The molecule has 1 N–H and O–H groups in total. The lowest BCUT2D eigenvalue weighted by Gasteiger charge is -2.32. The van der Waals surface area contributed by atoms with Gasteiger partial charge >= 0.3 is 0 Å². The van der Waals surface area contributed by atoms with E-state index in [4.69, 9.17) is 0 Å². The molecule has 0 aliphatic carbocycles. The summed E-state index contributed by atoms with van der Waals surface area (Å²) in [6.45, 7) is 8.32. The van der Waals surface area contributed by atoms with Crippen LogP contribution in [-0.2, 0) is 32.6 Å². The van der Waals surface area contributed by atoms with Crippen molar-refractivity contribution in [2.75, 3.05) is 17.1 Å². The highest BCUT2D eigenvalue weighted by Gasteiger charge is 2.31. The number of hydrogen-bond donors (Lipinski definition) is 1. The first-order chi connectivity index (χ1) is 19.5. The van der Waals surface area contributed by atoms with Crippen LogP contribution in [0.3, 0.4) is 0 Å². The fourth-order valence-corrected chi connectivity index (χ4v) is 5.63. The molecule has 0 heterocycles. The van der Waals surface area contributed by atoms with E-state index in [0.29, 0.717) is 18.5 Å². The third-order valence-electron chi connectivity index (χ3n) is 7.19. The Hall–Kier alpha value is -3.65. The van der Waals surface area contributed by atoms with E-state index in [0.717, 1.165) is 28.7 Å². The zero-order valence-corrected chi connectivity index (χ0v) is 25.7. The van der Waals surface area contributed by atoms with E-state index >= 15 is 0 Å². The lowest BCUT2D eigenvalue weighted by atomic mass is 10.0. The highest BCUT2D eigenvalue weighted by atomic mass is 32.2. The number of anilines is 1. The van der Waals surface area contributed by atoms with E-state index in [1.165, 1.54) is 10.6 Å². The van der Waals surface area contributed by atoms with Gasteiger partial charge in [-0.15, -0.1) is 0 Å². The summed E-state index contributed by atoms with van der Waals surface area (Å²) in [5.41, 5.74) is 4.52. The van der Waals surface area contributed by atoms with Gasteiger partial charge in [0.15, 0.2) is 0 Å². The smallest absolute Gasteiger partial charge is 0.243 e. The molecular weight excluding hydrogens is 534 g/mol. The summed E-state index contributed by atoms with van der Waals surface area (Å²) in [4.78, 5) is 29.2. The van der Waals surface area contributed by atoms with Crippen LogP contribution < -0.4 is 9.62 Å². The maximum Gasteiger partial charge on any atom is 0.243 e. The van der Waals surface area contributed by atoms with Gasteiger partial charge in [-0.3, -0.25) is 13.9 Å². The second kappa shape index (κ2) is 14.8. The summed E-state index contributed by atoms with van der Waals surface area (Å²) in [7, 11) is -3.55. The summed E-state index contributed by atoms with van der Waals surface area (Å²) < 4.78 is 26.6. The molecule has 2 atom stereocenters. The third-order valence-corrected chi connectivity index (χ3v) is 8.38. The number of rotatable bonds is 14. The molecule has 0 radical (unpaired) electrons. The minimum Gasteiger partial charge on any atom is -0.352 e. The number of aryl methyl sites for hydroxylation is 2. The van der Waals surface area contributed by atoms with Crippen molar-refractivity contribution < 1.29 is 18.0 Å². The van der Waals surface area contributed by atoms with Crippen LogP contribution in [0.4, 0.5) is 5.69 Å². The minimum atomic E-state index is -3.55. The quantitative estimate of drug-likeness (QED) is 0.278. The molecule has 0 aliphatic rings. The number of carbonyl (C=O) groups is 2. The van der Waals surface area contributed by atoms with E-state index in [9.17, 15) is 18.0 Å². The Morgan fingerprint density at radius 1 is 0.878 bits per heavy atom. The SMILES string of the molecule is CC[C@H](C)NC(=O)[C@H](Cc1ccccc1)N(Cc1ccc(C)cc1)C(=O)CCCN(c1cccc(C)c1)S(C)(=O)=O. The second-order valence-corrected chi connectivity index (χ2v) is 12.7. The normalized spacial score (nSPS) is 12.8. The first-order valence-corrected chi connectivity index (χ1v) is 16.1. The van der Waals surface area contributed by atoms with E-state index in [-0.39, 0.29) is 37.4 Å². The van der Waals surface area contributed by atoms with Crippen molar-refractivity contribution in [1.29, 1.82) is 0 Å². The van der Waals surface area contributed by atoms with Crippen molar-refractivity contribution in [2.45, 2.75) is 72.0 Å². The molecule has 0 unspecified atom stereocenters. The number of benzene rings is 3. The van der Waals surface area contributed by atoms with Crippen LogP contribution in [0.15, 0.2) is 78.9 Å². The molecule has 2 amide bonds. The zero-order valence-electron chi connectivity index (χ0n) is 24.8. The van der Waals surface area contributed by atoms with Gasteiger partial charge in [0.05, 0.1) is 11.9 Å². The van der Waals surface area contributed by atoms with Gasteiger partial charge in [0.2, 0.25) is 21.8 Å². The summed E-state index contributed by atoms with van der Waals surface area (Å²) in [6.07, 6.45) is 2.74. The first-order valence-electron chi connectivity index (χ1n) is 14.2. The van der Waals surface area contributed by atoms with Crippen LogP contribution in [-0.4, -0.2) is 50.0 Å². The number of amides is 2. The Morgan fingerprint density at radius 2 is 1.56 bits per heavy atom. The summed E-state index contributed by atoms with van der Waals surface area (Å²) >= 11 is 0. The van der Waals surface area contributed by atoms with Crippen molar-refractivity contribution in [1.82, 2.24) is 10.2 Å². The molecule has 41 heavy (non-hydrogen) atoms. The van der Waals surface area contributed by atoms with Crippen molar-refractivity contribution in [3.05, 3.63) is 101 Å². The molecule has 0 saturated carbocycles. The molecule has 8 heteroatoms.